The molecule has 1 fully saturated rings. The van der Waals surface area contributed by atoms with E-state index < -0.39 is 16.6 Å². The SMILES string of the molecule is CCN(c1ccc(OC)c(OC(F)F)c1)S(=O)(=O)c1ccc(OC)c(N2CCNCC2)c1. The number of rotatable bonds is 9. The van der Waals surface area contributed by atoms with Crippen LogP contribution in [0, 0.1) is 0 Å². The molecule has 32 heavy (non-hydrogen) atoms. The third kappa shape index (κ3) is 4.99. The molecule has 2 aromatic rings. The van der Waals surface area contributed by atoms with E-state index in [9.17, 15) is 17.2 Å². The van der Waals surface area contributed by atoms with E-state index in [2.05, 4.69) is 15.0 Å². The first-order valence-corrected chi connectivity index (χ1v) is 11.5. The standard InChI is InChI=1S/C21H27F2N3O5S/c1-4-26(15-5-7-19(30-3)20(13-15)31-21(22)23)32(27,28)16-6-8-18(29-2)17(14-16)25-11-9-24-10-12-25/h5-8,13-14,21,24H,4,9-12H2,1-3H3. The number of nitrogens with one attached hydrogen (secondary N) is 1. The Morgan fingerprint density at radius 2 is 1.69 bits per heavy atom. The van der Waals surface area contributed by atoms with E-state index in [-0.39, 0.29) is 28.6 Å². The van der Waals surface area contributed by atoms with E-state index in [4.69, 9.17) is 9.47 Å². The molecule has 0 amide bonds. The van der Waals surface area contributed by atoms with Gasteiger partial charge in [-0.1, -0.05) is 0 Å². The fourth-order valence-corrected chi connectivity index (χ4v) is 5.10. The van der Waals surface area contributed by atoms with Crippen LogP contribution in [0.4, 0.5) is 20.2 Å². The zero-order chi connectivity index (χ0) is 23.3. The molecule has 0 atom stereocenters. The van der Waals surface area contributed by atoms with Gasteiger partial charge in [0.05, 0.1) is 30.5 Å². The van der Waals surface area contributed by atoms with Crippen molar-refractivity contribution in [2.75, 3.05) is 56.1 Å². The summed E-state index contributed by atoms with van der Waals surface area (Å²) in [4.78, 5) is 2.13. The molecule has 0 aliphatic carbocycles. The number of halogens is 2. The zero-order valence-corrected chi connectivity index (χ0v) is 19.0. The number of hydrogen-bond donors (Lipinski definition) is 1. The van der Waals surface area contributed by atoms with Gasteiger partial charge in [0.15, 0.2) is 11.5 Å². The molecule has 1 heterocycles. The van der Waals surface area contributed by atoms with Crippen molar-refractivity contribution in [1.82, 2.24) is 5.32 Å². The predicted octanol–water partition coefficient (Wildman–Crippen LogP) is 2.93. The van der Waals surface area contributed by atoms with Gasteiger partial charge in [-0.15, -0.1) is 0 Å². The number of methoxy groups -OCH3 is 2. The molecule has 1 aliphatic rings. The van der Waals surface area contributed by atoms with Gasteiger partial charge in [-0.2, -0.15) is 8.78 Å². The van der Waals surface area contributed by atoms with Crippen molar-refractivity contribution in [1.29, 1.82) is 0 Å². The molecule has 0 spiro atoms. The van der Waals surface area contributed by atoms with Crippen LogP contribution in [0.15, 0.2) is 41.3 Å². The Hall–Kier alpha value is -2.79. The molecular formula is C21H27F2N3O5S. The van der Waals surface area contributed by atoms with Gasteiger partial charge in [-0.05, 0) is 37.3 Å². The molecule has 11 heteroatoms. The van der Waals surface area contributed by atoms with Crippen molar-refractivity contribution in [3.8, 4) is 17.2 Å². The van der Waals surface area contributed by atoms with Gasteiger partial charge in [0.2, 0.25) is 0 Å². The lowest BCUT2D eigenvalue weighted by Gasteiger charge is -2.31. The zero-order valence-electron chi connectivity index (χ0n) is 18.2. The van der Waals surface area contributed by atoms with Crippen LogP contribution < -0.4 is 28.7 Å². The molecule has 1 N–H and O–H groups in total. The normalized spacial score (nSPS) is 14.4. The highest BCUT2D eigenvalue weighted by molar-refractivity contribution is 7.92. The first kappa shape index (κ1) is 23.9. The molecule has 0 unspecified atom stereocenters. The number of anilines is 2. The minimum absolute atomic E-state index is 0.0702. The quantitative estimate of drug-likeness (QED) is 0.602. The van der Waals surface area contributed by atoms with Crippen LogP contribution >= 0.6 is 0 Å². The largest absolute Gasteiger partial charge is 0.495 e. The Morgan fingerprint density at radius 3 is 2.28 bits per heavy atom. The summed E-state index contributed by atoms with van der Waals surface area (Å²) in [6.07, 6.45) is 0. The van der Waals surface area contributed by atoms with Gasteiger partial charge >= 0.3 is 6.61 Å². The van der Waals surface area contributed by atoms with Crippen molar-refractivity contribution in [2.24, 2.45) is 0 Å². The fourth-order valence-electron chi connectivity index (χ4n) is 3.61. The number of piperazine rings is 1. The van der Waals surface area contributed by atoms with Gasteiger partial charge in [0, 0.05) is 38.8 Å². The number of nitrogens with zero attached hydrogens (tertiary/aromatic N) is 2. The van der Waals surface area contributed by atoms with E-state index in [0.29, 0.717) is 24.5 Å². The van der Waals surface area contributed by atoms with Crippen LogP contribution in [0.2, 0.25) is 0 Å². The Kier molecular flexibility index (Phi) is 7.62. The maximum absolute atomic E-state index is 13.5. The summed E-state index contributed by atoms with van der Waals surface area (Å²) >= 11 is 0. The highest BCUT2D eigenvalue weighted by Crippen LogP contribution is 2.37. The van der Waals surface area contributed by atoms with Gasteiger partial charge in [-0.25, -0.2) is 8.42 Å². The third-order valence-electron chi connectivity index (χ3n) is 5.13. The molecule has 1 aliphatic heterocycles. The van der Waals surface area contributed by atoms with E-state index in [1.54, 1.807) is 19.1 Å². The second kappa shape index (κ2) is 10.2. The summed E-state index contributed by atoms with van der Waals surface area (Å²) in [5.74, 6) is 0.406. The molecule has 3 rings (SSSR count). The van der Waals surface area contributed by atoms with E-state index in [1.165, 1.54) is 38.5 Å². The fraction of sp³-hybridized carbons (Fsp3) is 0.429. The minimum atomic E-state index is -4.00. The third-order valence-corrected chi connectivity index (χ3v) is 7.03. The minimum Gasteiger partial charge on any atom is -0.495 e. The second-order valence-corrected chi connectivity index (χ2v) is 8.82. The topological polar surface area (TPSA) is 80.3 Å². The lowest BCUT2D eigenvalue weighted by Crippen LogP contribution is -2.43. The van der Waals surface area contributed by atoms with Crippen molar-refractivity contribution in [3.63, 3.8) is 0 Å². The number of sulfonamides is 1. The van der Waals surface area contributed by atoms with Crippen LogP contribution in [0.3, 0.4) is 0 Å². The van der Waals surface area contributed by atoms with Gasteiger partial charge in [-0.3, -0.25) is 4.31 Å². The summed E-state index contributed by atoms with van der Waals surface area (Å²) in [6, 6.07) is 8.79. The number of alkyl halides is 2. The molecule has 1 saturated heterocycles. The smallest absolute Gasteiger partial charge is 0.387 e. The van der Waals surface area contributed by atoms with Gasteiger partial charge in [0.25, 0.3) is 10.0 Å². The number of hydrogen-bond acceptors (Lipinski definition) is 7. The second-order valence-electron chi connectivity index (χ2n) is 6.95. The molecule has 0 saturated carbocycles. The van der Waals surface area contributed by atoms with Crippen LogP contribution in [0.5, 0.6) is 17.2 Å². The van der Waals surface area contributed by atoms with E-state index in [0.717, 1.165) is 17.4 Å². The summed E-state index contributed by atoms with van der Waals surface area (Å²) < 4.78 is 68.8. The Bertz CT molecular complexity index is 1030. The molecule has 8 nitrogen and oxygen atoms in total. The Labute approximate surface area is 186 Å². The molecular weight excluding hydrogens is 444 g/mol. The van der Waals surface area contributed by atoms with Gasteiger partial charge < -0.3 is 24.4 Å². The molecule has 2 aromatic carbocycles. The summed E-state index contributed by atoms with van der Waals surface area (Å²) in [5.41, 5.74) is 0.867. The van der Waals surface area contributed by atoms with E-state index >= 15 is 0 Å². The van der Waals surface area contributed by atoms with Crippen LogP contribution in [-0.4, -0.2) is 62.0 Å². The molecule has 176 valence electrons. The lowest BCUT2D eigenvalue weighted by molar-refractivity contribution is -0.0511. The molecule has 0 radical (unpaired) electrons. The van der Waals surface area contributed by atoms with Gasteiger partial charge in [0.1, 0.15) is 5.75 Å². The number of benzene rings is 2. The summed E-state index contributed by atoms with van der Waals surface area (Å²) in [6.45, 7) is 1.65. The predicted molar refractivity (Wildman–Crippen MR) is 118 cm³/mol. The van der Waals surface area contributed by atoms with Crippen LogP contribution in [0.25, 0.3) is 0 Å². The highest BCUT2D eigenvalue weighted by Gasteiger charge is 2.27. The average molecular weight is 472 g/mol. The first-order valence-electron chi connectivity index (χ1n) is 10.1. The van der Waals surface area contributed by atoms with Crippen molar-refractivity contribution in [3.05, 3.63) is 36.4 Å². The maximum atomic E-state index is 13.5. The monoisotopic (exact) mass is 471 g/mol. The molecule has 0 bridgehead atoms. The average Bonchev–Trinajstić information content (AvgIpc) is 2.79. The van der Waals surface area contributed by atoms with Crippen LogP contribution in [0.1, 0.15) is 6.92 Å². The lowest BCUT2D eigenvalue weighted by atomic mass is 10.2. The Balaban J connectivity index is 2.02. The van der Waals surface area contributed by atoms with Crippen molar-refractivity contribution >= 4 is 21.4 Å². The highest BCUT2D eigenvalue weighted by atomic mass is 32.2. The van der Waals surface area contributed by atoms with Crippen LogP contribution in [-0.2, 0) is 10.0 Å². The first-order chi connectivity index (χ1) is 15.3. The number of ether oxygens (including phenoxy) is 3. The maximum Gasteiger partial charge on any atom is 0.387 e. The summed E-state index contributed by atoms with van der Waals surface area (Å²) in [5, 5.41) is 3.26. The van der Waals surface area contributed by atoms with E-state index in [1.807, 2.05) is 0 Å². The summed E-state index contributed by atoms with van der Waals surface area (Å²) in [7, 11) is -1.15. The van der Waals surface area contributed by atoms with Crippen molar-refractivity contribution < 1.29 is 31.4 Å². The molecule has 0 aromatic heterocycles. The Morgan fingerprint density at radius 1 is 1.03 bits per heavy atom. The van der Waals surface area contributed by atoms with Crippen molar-refractivity contribution in [2.45, 2.75) is 18.4 Å².